The van der Waals surface area contributed by atoms with Gasteiger partial charge in [-0.3, -0.25) is 9.59 Å². The van der Waals surface area contributed by atoms with Crippen LogP contribution in [0.25, 0.3) is 11.1 Å². The maximum atomic E-state index is 12.9. The molecule has 1 aromatic heterocycles. The van der Waals surface area contributed by atoms with E-state index < -0.39 is 23.8 Å². The zero-order valence-electron chi connectivity index (χ0n) is 15.9. The van der Waals surface area contributed by atoms with Crippen molar-refractivity contribution in [3.63, 3.8) is 0 Å². The molecule has 1 fully saturated rings. The molecule has 1 saturated carbocycles. The summed E-state index contributed by atoms with van der Waals surface area (Å²) < 4.78 is 5.19. The number of hydrogen-bond acceptors (Lipinski definition) is 5. The Bertz CT molecular complexity index is 926. The van der Waals surface area contributed by atoms with Crippen molar-refractivity contribution in [3.05, 3.63) is 40.2 Å². The highest BCUT2D eigenvalue weighted by Crippen LogP contribution is 2.40. The molecule has 1 aromatic carbocycles. The normalized spacial score (nSPS) is 18.8. The summed E-state index contributed by atoms with van der Waals surface area (Å²) in [5, 5.41) is 14.8. The second kappa shape index (κ2) is 9.41. The topological polar surface area (TPSA) is 92.7 Å². The van der Waals surface area contributed by atoms with Gasteiger partial charge in [0, 0.05) is 21.5 Å². The number of anilines is 1. The van der Waals surface area contributed by atoms with Gasteiger partial charge in [0.25, 0.3) is 0 Å². The molecule has 2 atom stereocenters. The largest absolute Gasteiger partial charge is 0.481 e. The highest BCUT2D eigenvalue weighted by molar-refractivity contribution is 7.15. The van der Waals surface area contributed by atoms with E-state index in [0.717, 1.165) is 12.8 Å². The zero-order chi connectivity index (χ0) is 21.0. The molecular weight excluding hydrogens is 414 g/mol. The van der Waals surface area contributed by atoms with E-state index in [4.69, 9.17) is 16.3 Å². The van der Waals surface area contributed by atoms with Crippen molar-refractivity contribution in [3.8, 4) is 11.1 Å². The molecule has 3 rings (SSSR count). The third-order valence-electron chi connectivity index (χ3n) is 5.09. The first-order valence-electron chi connectivity index (χ1n) is 9.51. The summed E-state index contributed by atoms with van der Waals surface area (Å²) in [6, 6.07) is 7.12. The van der Waals surface area contributed by atoms with Crippen LogP contribution in [0.1, 0.15) is 43.0 Å². The third-order valence-corrected chi connectivity index (χ3v) is 6.32. The number of rotatable bonds is 6. The summed E-state index contributed by atoms with van der Waals surface area (Å²) in [5.41, 5.74) is 1.48. The van der Waals surface area contributed by atoms with Gasteiger partial charge in [0.2, 0.25) is 5.91 Å². The van der Waals surface area contributed by atoms with Gasteiger partial charge in [-0.2, -0.15) is 0 Å². The molecule has 1 aliphatic carbocycles. The Balaban J connectivity index is 1.95. The van der Waals surface area contributed by atoms with E-state index in [-0.39, 0.29) is 18.1 Å². The predicted octanol–water partition coefficient (Wildman–Crippen LogP) is 5.07. The fourth-order valence-corrected chi connectivity index (χ4v) is 4.87. The van der Waals surface area contributed by atoms with Gasteiger partial charge in [0.1, 0.15) is 10.6 Å². The quantitative estimate of drug-likeness (QED) is 0.617. The monoisotopic (exact) mass is 435 g/mol. The second-order valence-corrected chi connectivity index (χ2v) is 8.17. The number of carboxylic acid groups (broad SMARTS) is 1. The van der Waals surface area contributed by atoms with E-state index in [2.05, 4.69) is 5.32 Å². The molecule has 0 unspecified atom stereocenters. The number of thiophene rings is 1. The fourth-order valence-electron chi connectivity index (χ4n) is 3.68. The summed E-state index contributed by atoms with van der Waals surface area (Å²) in [5.74, 6) is -3.23. The van der Waals surface area contributed by atoms with Crippen LogP contribution < -0.4 is 5.32 Å². The Labute approximate surface area is 177 Å². The number of aliphatic carboxylic acids is 1. The Hall–Kier alpha value is -2.38. The minimum atomic E-state index is -0.960. The van der Waals surface area contributed by atoms with E-state index in [1.54, 1.807) is 30.5 Å². The predicted molar refractivity (Wildman–Crippen MR) is 112 cm³/mol. The summed E-state index contributed by atoms with van der Waals surface area (Å²) >= 11 is 7.50. The average Bonchev–Trinajstić information content (AvgIpc) is 3.11. The Kier molecular flexibility index (Phi) is 6.92. The first-order valence-corrected chi connectivity index (χ1v) is 10.8. The van der Waals surface area contributed by atoms with E-state index >= 15 is 0 Å². The van der Waals surface area contributed by atoms with Crippen LogP contribution in [0.5, 0.6) is 0 Å². The molecule has 1 amide bonds. The lowest BCUT2D eigenvalue weighted by Crippen LogP contribution is -2.36. The highest BCUT2D eigenvalue weighted by Gasteiger charge is 2.36. The maximum Gasteiger partial charge on any atom is 0.341 e. The molecular formula is C21H22ClNO5S. The molecule has 1 heterocycles. The minimum absolute atomic E-state index is 0.188. The Morgan fingerprint density at radius 1 is 1.17 bits per heavy atom. The lowest BCUT2D eigenvalue weighted by atomic mass is 9.79. The number of halogens is 1. The van der Waals surface area contributed by atoms with Crippen LogP contribution in [0.4, 0.5) is 5.00 Å². The van der Waals surface area contributed by atoms with Crippen LogP contribution in [-0.4, -0.2) is 29.6 Å². The van der Waals surface area contributed by atoms with Crippen molar-refractivity contribution in [2.45, 2.75) is 32.6 Å². The Morgan fingerprint density at radius 2 is 1.86 bits per heavy atom. The van der Waals surface area contributed by atoms with Crippen molar-refractivity contribution in [1.82, 2.24) is 0 Å². The van der Waals surface area contributed by atoms with Crippen LogP contribution >= 0.6 is 22.9 Å². The lowest BCUT2D eigenvalue weighted by Gasteiger charge is -2.27. The van der Waals surface area contributed by atoms with Gasteiger partial charge in [-0.15, -0.1) is 11.3 Å². The van der Waals surface area contributed by atoms with Gasteiger partial charge < -0.3 is 15.2 Å². The zero-order valence-corrected chi connectivity index (χ0v) is 17.5. The number of nitrogens with one attached hydrogen (secondary N) is 1. The third kappa shape index (κ3) is 4.62. The lowest BCUT2D eigenvalue weighted by molar-refractivity contribution is -0.147. The minimum Gasteiger partial charge on any atom is -0.481 e. The number of ether oxygens (including phenoxy) is 1. The first kappa shape index (κ1) is 21.3. The molecule has 29 heavy (non-hydrogen) atoms. The second-order valence-electron chi connectivity index (χ2n) is 6.88. The molecule has 0 saturated heterocycles. The summed E-state index contributed by atoms with van der Waals surface area (Å²) in [6.07, 6.45) is 2.60. The van der Waals surface area contributed by atoms with Crippen LogP contribution in [0.2, 0.25) is 5.02 Å². The molecule has 6 nitrogen and oxygen atoms in total. The number of carbonyl (C=O) groups is 3. The van der Waals surface area contributed by atoms with Crippen molar-refractivity contribution in [2.75, 3.05) is 11.9 Å². The van der Waals surface area contributed by atoms with E-state index in [0.29, 0.717) is 34.0 Å². The number of benzene rings is 1. The average molecular weight is 436 g/mol. The van der Waals surface area contributed by atoms with Gasteiger partial charge in [-0.1, -0.05) is 42.6 Å². The van der Waals surface area contributed by atoms with Crippen LogP contribution in [-0.2, 0) is 14.3 Å². The van der Waals surface area contributed by atoms with Crippen LogP contribution in [0.15, 0.2) is 29.6 Å². The summed E-state index contributed by atoms with van der Waals surface area (Å²) in [4.78, 5) is 37.1. The fraction of sp³-hybridized carbons (Fsp3) is 0.381. The number of carboxylic acids is 1. The van der Waals surface area contributed by atoms with Crippen molar-refractivity contribution in [1.29, 1.82) is 0 Å². The molecule has 8 heteroatoms. The van der Waals surface area contributed by atoms with Crippen molar-refractivity contribution >= 4 is 45.8 Å². The summed E-state index contributed by atoms with van der Waals surface area (Å²) in [6.45, 7) is 1.89. The summed E-state index contributed by atoms with van der Waals surface area (Å²) in [7, 11) is 0. The van der Waals surface area contributed by atoms with Crippen LogP contribution in [0, 0.1) is 11.8 Å². The molecule has 0 bridgehead atoms. The molecule has 1 aliphatic rings. The number of carbonyl (C=O) groups excluding carboxylic acids is 2. The smallest absolute Gasteiger partial charge is 0.341 e. The highest BCUT2D eigenvalue weighted by atomic mass is 35.5. The van der Waals surface area contributed by atoms with E-state index in [9.17, 15) is 19.5 Å². The molecule has 0 aliphatic heterocycles. The maximum absolute atomic E-state index is 12.9. The van der Waals surface area contributed by atoms with Gasteiger partial charge in [-0.05, 0) is 25.8 Å². The molecule has 2 N–H and O–H groups in total. The standard InChI is InChI=1S/C21H22ClNO5S/c1-2-28-21(27)17-15(12-7-5-6-10-16(12)22)11-29-19(17)23-18(24)13-8-3-4-9-14(13)20(25)26/h5-7,10-11,13-14H,2-4,8-9H2,1H3,(H,23,24)(H,25,26)/t13-,14+/m0/s1. The van der Waals surface area contributed by atoms with E-state index in [1.165, 1.54) is 11.3 Å². The number of esters is 1. The van der Waals surface area contributed by atoms with Crippen molar-refractivity contribution in [2.24, 2.45) is 11.8 Å². The first-order chi connectivity index (χ1) is 13.9. The molecule has 154 valence electrons. The molecule has 0 spiro atoms. The van der Waals surface area contributed by atoms with Crippen molar-refractivity contribution < 1.29 is 24.2 Å². The van der Waals surface area contributed by atoms with E-state index in [1.807, 2.05) is 6.07 Å². The molecule has 2 aromatic rings. The van der Waals surface area contributed by atoms with Crippen LogP contribution in [0.3, 0.4) is 0 Å². The number of hydrogen-bond donors (Lipinski definition) is 2. The number of amides is 1. The molecule has 0 radical (unpaired) electrons. The van der Waals surface area contributed by atoms with Gasteiger partial charge in [-0.25, -0.2) is 4.79 Å². The Morgan fingerprint density at radius 3 is 2.52 bits per heavy atom. The SMILES string of the molecule is CCOC(=O)c1c(-c2ccccc2Cl)csc1NC(=O)[C@H]1CCCC[C@H]1C(=O)O. The van der Waals surface area contributed by atoms with Gasteiger partial charge >= 0.3 is 11.9 Å². The van der Waals surface area contributed by atoms with Gasteiger partial charge in [0.05, 0.1) is 18.4 Å². The van der Waals surface area contributed by atoms with Gasteiger partial charge in [0.15, 0.2) is 0 Å².